The Balaban J connectivity index is 2.11. The molecule has 1 aliphatic rings. The molecule has 0 unspecified atom stereocenters. The summed E-state index contributed by atoms with van der Waals surface area (Å²) >= 11 is 0. The van der Waals surface area contributed by atoms with Gasteiger partial charge < -0.3 is 15.2 Å². The molecule has 1 aliphatic heterocycles. The van der Waals surface area contributed by atoms with Crippen LogP contribution >= 0.6 is 0 Å². The molecule has 1 saturated heterocycles. The number of amides is 1. The highest BCUT2D eigenvalue weighted by Gasteiger charge is 2.33. The summed E-state index contributed by atoms with van der Waals surface area (Å²) in [5.41, 5.74) is 2.81. The largest absolute Gasteiger partial charge is 0.481 e. The summed E-state index contributed by atoms with van der Waals surface area (Å²) in [4.78, 5) is 23.4. The smallest absolute Gasteiger partial charge is 0.304 e. The van der Waals surface area contributed by atoms with Gasteiger partial charge in [0.2, 0.25) is 5.91 Å². The second-order valence-electron chi connectivity index (χ2n) is 5.62. The third-order valence-corrected chi connectivity index (χ3v) is 3.63. The minimum Gasteiger partial charge on any atom is -0.481 e. The van der Waals surface area contributed by atoms with Crippen LogP contribution in [0.4, 0.5) is 5.69 Å². The fraction of sp³-hybridized carbons (Fsp3) is 0.500. The van der Waals surface area contributed by atoms with E-state index >= 15 is 0 Å². The van der Waals surface area contributed by atoms with Crippen LogP contribution in [-0.2, 0) is 14.3 Å². The first-order valence-corrected chi connectivity index (χ1v) is 7.18. The molecule has 0 saturated carbocycles. The highest BCUT2D eigenvalue weighted by Crippen LogP contribution is 2.25. The van der Waals surface area contributed by atoms with Gasteiger partial charge in [-0.25, -0.2) is 0 Å². The van der Waals surface area contributed by atoms with Gasteiger partial charge in [-0.05, 0) is 49.9 Å². The van der Waals surface area contributed by atoms with E-state index in [4.69, 9.17) is 9.84 Å². The van der Waals surface area contributed by atoms with Crippen molar-refractivity contribution in [1.29, 1.82) is 0 Å². The van der Waals surface area contributed by atoms with Crippen LogP contribution in [0.2, 0.25) is 0 Å². The first-order valence-electron chi connectivity index (χ1n) is 7.18. The van der Waals surface area contributed by atoms with E-state index in [-0.39, 0.29) is 18.4 Å². The monoisotopic (exact) mass is 291 g/mol. The van der Waals surface area contributed by atoms with E-state index in [0.717, 1.165) is 24.0 Å². The first-order chi connectivity index (χ1) is 9.95. The molecule has 1 heterocycles. The summed E-state index contributed by atoms with van der Waals surface area (Å²) in [5, 5.41) is 11.8. The molecule has 21 heavy (non-hydrogen) atoms. The number of rotatable bonds is 5. The zero-order chi connectivity index (χ0) is 15.4. The summed E-state index contributed by atoms with van der Waals surface area (Å²) < 4.78 is 5.50. The van der Waals surface area contributed by atoms with E-state index in [9.17, 15) is 9.59 Å². The number of carboxylic acid groups (broad SMARTS) is 1. The van der Waals surface area contributed by atoms with Gasteiger partial charge in [-0.15, -0.1) is 0 Å². The molecular weight excluding hydrogens is 270 g/mol. The van der Waals surface area contributed by atoms with E-state index in [2.05, 4.69) is 5.32 Å². The fourth-order valence-corrected chi connectivity index (χ4v) is 2.78. The second-order valence-corrected chi connectivity index (χ2v) is 5.62. The average molecular weight is 291 g/mol. The molecule has 0 aromatic heterocycles. The Labute approximate surface area is 124 Å². The second kappa shape index (κ2) is 6.72. The molecule has 0 radical (unpaired) electrons. The minimum absolute atomic E-state index is 0.207. The Hall–Kier alpha value is -1.88. The summed E-state index contributed by atoms with van der Waals surface area (Å²) in [6.07, 6.45) is 1.10. The van der Waals surface area contributed by atoms with Crippen LogP contribution in [0.15, 0.2) is 18.2 Å². The van der Waals surface area contributed by atoms with Gasteiger partial charge in [-0.2, -0.15) is 0 Å². The number of carbonyl (C=O) groups is 2. The van der Waals surface area contributed by atoms with Crippen molar-refractivity contribution in [3.05, 3.63) is 29.3 Å². The standard InChI is InChI=1S/C16H21NO4/c1-10-6-11(2)8-12(7-10)17-16(20)13(9-15(18)19)14-4-3-5-21-14/h6-8,13-14H,3-5,9H2,1-2H3,(H,17,20)(H,18,19)/t13-,14+/m1/s1. The van der Waals surface area contributed by atoms with E-state index in [1.807, 2.05) is 32.0 Å². The molecule has 1 amide bonds. The van der Waals surface area contributed by atoms with Crippen molar-refractivity contribution in [2.45, 2.75) is 39.2 Å². The topological polar surface area (TPSA) is 75.6 Å². The predicted octanol–water partition coefficient (Wildman–Crippen LogP) is 2.51. The van der Waals surface area contributed by atoms with E-state index in [1.54, 1.807) is 0 Å². The predicted molar refractivity (Wildman–Crippen MR) is 79.3 cm³/mol. The highest BCUT2D eigenvalue weighted by atomic mass is 16.5. The van der Waals surface area contributed by atoms with Gasteiger partial charge in [-0.1, -0.05) is 6.07 Å². The maximum atomic E-state index is 12.4. The van der Waals surface area contributed by atoms with Crippen LogP contribution < -0.4 is 5.32 Å². The maximum Gasteiger partial charge on any atom is 0.304 e. The molecule has 114 valence electrons. The summed E-state index contributed by atoms with van der Waals surface area (Å²) in [6.45, 7) is 4.51. The SMILES string of the molecule is Cc1cc(C)cc(NC(=O)[C@H](CC(=O)O)[C@@H]2CCCO2)c1. The molecule has 2 atom stereocenters. The van der Waals surface area contributed by atoms with Gasteiger partial charge in [0.15, 0.2) is 0 Å². The van der Waals surface area contributed by atoms with Gasteiger partial charge in [0.1, 0.15) is 0 Å². The lowest BCUT2D eigenvalue weighted by Crippen LogP contribution is -2.34. The number of aryl methyl sites for hydroxylation is 2. The minimum atomic E-state index is -0.980. The van der Waals surface area contributed by atoms with Crippen molar-refractivity contribution >= 4 is 17.6 Å². The lowest BCUT2D eigenvalue weighted by molar-refractivity contribution is -0.142. The maximum absolute atomic E-state index is 12.4. The molecule has 2 rings (SSSR count). The van der Waals surface area contributed by atoms with Crippen LogP contribution in [0, 0.1) is 19.8 Å². The van der Waals surface area contributed by atoms with Crippen LogP contribution in [0.1, 0.15) is 30.4 Å². The molecule has 1 aromatic carbocycles. The molecule has 5 nitrogen and oxygen atoms in total. The summed E-state index contributed by atoms with van der Waals surface area (Å²) in [5.74, 6) is -1.91. The molecule has 2 N–H and O–H groups in total. The third-order valence-electron chi connectivity index (χ3n) is 3.63. The fourth-order valence-electron chi connectivity index (χ4n) is 2.78. The van der Waals surface area contributed by atoms with Gasteiger partial charge in [0.05, 0.1) is 18.4 Å². The molecule has 0 spiro atoms. The van der Waals surface area contributed by atoms with E-state index in [1.165, 1.54) is 0 Å². The molecular formula is C16H21NO4. The summed E-state index contributed by atoms with van der Waals surface area (Å²) in [6, 6.07) is 5.76. The van der Waals surface area contributed by atoms with Crippen LogP contribution in [0.25, 0.3) is 0 Å². The Bertz CT molecular complexity index is 515. The van der Waals surface area contributed by atoms with Crippen LogP contribution in [0.5, 0.6) is 0 Å². The summed E-state index contributed by atoms with van der Waals surface area (Å²) in [7, 11) is 0. The molecule has 5 heteroatoms. The number of carbonyl (C=O) groups excluding carboxylic acids is 1. The molecule has 0 aliphatic carbocycles. The third kappa shape index (κ3) is 4.29. The number of aliphatic carboxylic acids is 1. The number of carboxylic acids is 1. The van der Waals surface area contributed by atoms with Gasteiger partial charge in [0.25, 0.3) is 0 Å². The van der Waals surface area contributed by atoms with Crippen molar-refractivity contribution in [1.82, 2.24) is 0 Å². The van der Waals surface area contributed by atoms with E-state index in [0.29, 0.717) is 12.3 Å². The highest BCUT2D eigenvalue weighted by molar-refractivity contribution is 5.95. The number of benzene rings is 1. The lowest BCUT2D eigenvalue weighted by atomic mass is 9.95. The van der Waals surface area contributed by atoms with Crippen molar-refractivity contribution in [2.24, 2.45) is 5.92 Å². The molecule has 0 bridgehead atoms. The van der Waals surface area contributed by atoms with E-state index < -0.39 is 11.9 Å². The number of anilines is 1. The molecule has 1 fully saturated rings. The Kier molecular flexibility index (Phi) is 4.96. The van der Waals surface area contributed by atoms with Crippen LogP contribution in [-0.4, -0.2) is 29.7 Å². The Morgan fingerprint density at radius 2 is 2.00 bits per heavy atom. The number of nitrogens with one attached hydrogen (secondary N) is 1. The van der Waals surface area contributed by atoms with Crippen molar-refractivity contribution in [3.8, 4) is 0 Å². The number of ether oxygens (including phenoxy) is 1. The van der Waals surface area contributed by atoms with Crippen molar-refractivity contribution in [3.63, 3.8) is 0 Å². The molecule has 1 aromatic rings. The average Bonchev–Trinajstić information content (AvgIpc) is 2.87. The quantitative estimate of drug-likeness (QED) is 0.874. The number of hydrogen-bond acceptors (Lipinski definition) is 3. The first kappa shape index (κ1) is 15.5. The Morgan fingerprint density at radius 1 is 1.33 bits per heavy atom. The zero-order valence-corrected chi connectivity index (χ0v) is 12.4. The van der Waals surface area contributed by atoms with Gasteiger partial charge in [-0.3, -0.25) is 9.59 Å². The van der Waals surface area contributed by atoms with Crippen molar-refractivity contribution < 1.29 is 19.4 Å². The normalized spacial score (nSPS) is 19.2. The lowest BCUT2D eigenvalue weighted by Gasteiger charge is -2.21. The van der Waals surface area contributed by atoms with Crippen LogP contribution in [0.3, 0.4) is 0 Å². The van der Waals surface area contributed by atoms with Gasteiger partial charge in [0, 0.05) is 12.3 Å². The van der Waals surface area contributed by atoms with Crippen molar-refractivity contribution in [2.75, 3.05) is 11.9 Å². The number of hydrogen-bond donors (Lipinski definition) is 2. The Morgan fingerprint density at radius 3 is 2.52 bits per heavy atom. The van der Waals surface area contributed by atoms with Gasteiger partial charge >= 0.3 is 5.97 Å². The zero-order valence-electron chi connectivity index (χ0n) is 12.4.